The SMILES string of the molecule is COc1ccccc1C(=O)Nc1ccc2c(c1)CCN2. The Balaban J connectivity index is 1.82. The summed E-state index contributed by atoms with van der Waals surface area (Å²) in [4.78, 5) is 12.3. The first-order valence-electron chi connectivity index (χ1n) is 6.59. The smallest absolute Gasteiger partial charge is 0.259 e. The van der Waals surface area contributed by atoms with Gasteiger partial charge >= 0.3 is 0 Å². The van der Waals surface area contributed by atoms with E-state index < -0.39 is 0 Å². The zero-order valence-corrected chi connectivity index (χ0v) is 11.3. The van der Waals surface area contributed by atoms with Crippen LogP contribution in [-0.4, -0.2) is 19.6 Å². The van der Waals surface area contributed by atoms with E-state index in [-0.39, 0.29) is 5.91 Å². The molecule has 2 aromatic carbocycles. The second-order valence-electron chi connectivity index (χ2n) is 4.70. The number of nitrogens with one attached hydrogen (secondary N) is 2. The lowest BCUT2D eigenvalue weighted by Crippen LogP contribution is -2.13. The van der Waals surface area contributed by atoms with Gasteiger partial charge in [-0.3, -0.25) is 4.79 Å². The number of fused-ring (bicyclic) bond motifs is 1. The summed E-state index contributed by atoms with van der Waals surface area (Å²) < 4.78 is 5.21. The molecule has 0 bridgehead atoms. The van der Waals surface area contributed by atoms with E-state index in [0.29, 0.717) is 11.3 Å². The number of benzene rings is 2. The van der Waals surface area contributed by atoms with Crippen LogP contribution in [0.2, 0.25) is 0 Å². The first-order valence-corrected chi connectivity index (χ1v) is 6.59. The first kappa shape index (κ1) is 12.5. The van der Waals surface area contributed by atoms with Crippen LogP contribution < -0.4 is 15.4 Å². The van der Waals surface area contributed by atoms with Crippen molar-refractivity contribution in [3.63, 3.8) is 0 Å². The molecule has 0 radical (unpaired) electrons. The van der Waals surface area contributed by atoms with Crippen molar-refractivity contribution in [2.45, 2.75) is 6.42 Å². The third-order valence-electron chi connectivity index (χ3n) is 3.42. The Bertz CT molecular complexity index is 653. The summed E-state index contributed by atoms with van der Waals surface area (Å²) in [5.74, 6) is 0.418. The average Bonchev–Trinajstić information content (AvgIpc) is 2.94. The predicted octanol–water partition coefficient (Wildman–Crippen LogP) is 2.92. The number of carbonyl (C=O) groups excluding carboxylic acids is 1. The van der Waals surface area contributed by atoms with Crippen molar-refractivity contribution >= 4 is 17.3 Å². The Hall–Kier alpha value is -2.49. The van der Waals surface area contributed by atoms with E-state index in [2.05, 4.69) is 10.6 Å². The van der Waals surface area contributed by atoms with Gasteiger partial charge < -0.3 is 15.4 Å². The fourth-order valence-corrected chi connectivity index (χ4v) is 2.41. The van der Waals surface area contributed by atoms with Gasteiger partial charge in [0.05, 0.1) is 12.7 Å². The number of para-hydroxylation sites is 1. The van der Waals surface area contributed by atoms with E-state index >= 15 is 0 Å². The molecule has 0 saturated carbocycles. The Morgan fingerprint density at radius 2 is 2.10 bits per heavy atom. The zero-order chi connectivity index (χ0) is 13.9. The number of ether oxygens (including phenoxy) is 1. The standard InChI is InChI=1S/C16H16N2O2/c1-20-15-5-3-2-4-13(15)16(19)18-12-6-7-14-11(10-12)8-9-17-14/h2-7,10,17H,8-9H2,1H3,(H,18,19). The molecule has 1 aliphatic heterocycles. The lowest BCUT2D eigenvalue weighted by atomic mass is 10.1. The van der Waals surface area contributed by atoms with Crippen molar-refractivity contribution in [2.75, 3.05) is 24.3 Å². The summed E-state index contributed by atoms with van der Waals surface area (Å²) >= 11 is 0. The quantitative estimate of drug-likeness (QED) is 0.900. The normalized spacial score (nSPS) is 12.4. The molecule has 0 aromatic heterocycles. The van der Waals surface area contributed by atoms with Gasteiger partial charge in [-0.2, -0.15) is 0 Å². The van der Waals surface area contributed by atoms with Crippen LogP contribution in [0.15, 0.2) is 42.5 Å². The third kappa shape index (κ3) is 2.32. The van der Waals surface area contributed by atoms with Gasteiger partial charge in [-0.25, -0.2) is 0 Å². The van der Waals surface area contributed by atoms with Gasteiger partial charge in [0.2, 0.25) is 0 Å². The molecule has 1 amide bonds. The second-order valence-corrected chi connectivity index (χ2v) is 4.70. The molecule has 1 aliphatic rings. The number of amides is 1. The van der Waals surface area contributed by atoms with Crippen LogP contribution in [0.5, 0.6) is 5.75 Å². The first-order chi connectivity index (χ1) is 9.78. The summed E-state index contributed by atoms with van der Waals surface area (Å²) in [5, 5.41) is 6.21. The highest BCUT2D eigenvalue weighted by atomic mass is 16.5. The minimum absolute atomic E-state index is 0.159. The summed E-state index contributed by atoms with van der Waals surface area (Å²) in [6.45, 7) is 0.958. The van der Waals surface area contributed by atoms with Gasteiger partial charge in [-0.05, 0) is 42.3 Å². The van der Waals surface area contributed by atoms with Gasteiger partial charge in [0.25, 0.3) is 5.91 Å². The van der Waals surface area contributed by atoms with E-state index in [0.717, 1.165) is 24.3 Å². The summed E-state index contributed by atoms with van der Waals surface area (Å²) in [5.41, 5.74) is 3.74. The molecule has 20 heavy (non-hydrogen) atoms. The van der Waals surface area contributed by atoms with Crippen molar-refractivity contribution in [3.8, 4) is 5.75 Å². The third-order valence-corrected chi connectivity index (χ3v) is 3.42. The number of hydrogen-bond acceptors (Lipinski definition) is 3. The van der Waals surface area contributed by atoms with Crippen LogP contribution in [0.1, 0.15) is 15.9 Å². The lowest BCUT2D eigenvalue weighted by molar-refractivity contribution is 0.102. The van der Waals surface area contributed by atoms with Crippen LogP contribution in [0.3, 0.4) is 0 Å². The molecule has 1 heterocycles. The zero-order valence-electron chi connectivity index (χ0n) is 11.3. The summed E-state index contributed by atoms with van der Waals surface area (Å²) in [6.07, 6.45) is 0.994. The Kier molecular flexibility index (Phi) is 3.29. The highest BCUT2D eigenvalue weighted by Gasteiger charge is 2.14. The molecular formula is C16H16N2O2. The van der Waals surface area contributed by atoms with Crippen molar-refractivity contribution in [1.29, 1.82) is 0 Å². The van der Waals surface area contributed by atoms with Gasteiger partial charge in [0.1, 0.15) is 5.75 Å². The Morgan fingerprint density at radius 3 is 2.95 bits per heavy atom. The highest BCUT2D eigenvalue weighted by molar-refractivity contribution is 6.06. The van der Waals surface area contributed by atoms with Crippen molar-refractivity contribution < 1.29 is 9.53 Å². The van der Waals surface area contributed by atoms with Crippen LogP contribution in [-0.2, 0) is 6.42 Å². The molecule has 0 spiro atoms. The maximum atomic E-state index is 12.3. The monoisotopic (exact) mass is 268 g/mol. The van der Waals surface area contributed by atoms with E-state index in [9.17, 15) is 4.79 Å². The molecule has 0 unspecified atom stereocenters. The molecule has 4 nitrogen and oxygen atoms in total. The Labute approximate surface area is 117 Å². The van der Waals surface area contributed by atoms with E-state index in [1.165, 1.54) is 5.56 Å². The molecule has 0 aliphatic carbocycles. The topological polar surface area (TPSA) is 50.4 Å². The van der Waals surface area contributed by atoms with E-state index in [1.807, 2.05) is 30.3 Å². The van der Waals surface area contributed by atoms with Gasteiger partial charge in [0.15, 0.2) is 0 Å². The summed E-state index contributed by atoms with van der Waals surface area (Å²) in [7, 11) is 1.56. The fraction of sp³-hybridized carbons (Fsp3) is 0.188. The molecule has 0 saturated heterocycles. The van der Waals surface area contributed by atoms with Crippen molar-refractivity contribution in [2.24, 2.45) is 0 Å². The van der Waals surface area contributed by atoms with Crippen LogP contribution in [0.4, 0.5) is 11.4 Å². The predicted molar refractivity (Wildman–Crippen MR) is 79.6 cm³/mol. The minimum Gasteiger partial charge on any atom is -0.496 e. The molecule has 0 fully saturated rings. The highest BCUT2D eigenvalue weighted by Crippen LogP contribution is 2.26. The molecule has 3 rings (SSSR count). The van der Waals surface area contributed by atoms with Gasteiger partial charge in [-0.1, -0.05) is 12.1 Å². The second kappa shape index (κ2) is 5.25. The molecule has 102 valence electrons. The summed E-state index contributed by atoms with van der Waals surface area (Å²) in [6, 6.07) is 13.1. The number of hydrogen-bond donors (Lipinski definition) is 2. The molecular weight excluding hydrogens is 252 g/mol. The number of rotatable bonds is 3. The maximum Gasteiger partial charge on any atom is 0.259 e. The Morgan fingerprint density at radius 1 is 1.25 bits per heavy atom. The van der Waals surface area contributed by atoms with Crippen LogP contribution in [0, 0.1) is 0 Å². The van der Waals surface area contributed by atoms with E-state index in [4.69, 9.17) is 4.74 Å². The molecule has 2 N–H and O–H groups in total. The number of methoxy groups -OCH3 is 1. The minimum atomic E-state index is -0.159. The van der Waals surface area contributed by atoms with Gasteiger partial charge in [0, 0.05) is 17.9 Å². The lowest BCUT2D eigenvalue weighted by Gasteiger charge is -2.10. The number of anilines is 2. The van der Waals surface area contributed by atoms with E-state index in [1.54, 1.807) is 19.2 Å². The van der Waals surface area contributed by atoms with Crippen LogP contribution in [0.25, 0.3) is 0 Å². The average molecular weight is 268 g/mol. The van der Waals surface area contributed by atoms with Gasteiger partial charge in [-0.15, -0.1) is 0 Å². The van der Waals surface area contributed by atoms with Crippen molar-refractivity contribution in [3.05, 3.63) is 53.6 Å². The van der Waals surface area contributed by atoms with Crippen LogP contribution >= 0.6 is 0 Å². The molecule has 0 atom stereocenters. The largest absolute Gasteiger partial charge is 0.496 e. The van der Waals surface area contributed by atoms with Crippen molar-refractivity contribution in [1.82, 2.24) is 0 Å². The molecule has 2 aromatic rings. The number of carbonyl (C=O) groups is 1. The maximum absolute atomic E-state index is 12.3. The fourth-order valence-electron chi connectivity index (χ4n) is 2.41. The molecule has 4 heteroatoms.